The Balaban J connectivity index is 1.10. The SMILES string of the molecule is CN1CCN(c2nc(-c3ccc(C(=O)NC4(C(=O)N(CCCc5ccccc5)C(=O)c5nc6ccccc6o5)CCCCC4)cc3)cs2)CC1. The molecule has 0 spiro atoms. The van der Waals surface area contributed by atoms with Gasteiger partial charge < -0.3 is 19.5 Å². The summed E-state index contributed by atoms with van der Waals surface area (Å²) in [5.74, 6) is -1.49. The van der Waals surface area contributed by atoms with Crippen LogP contribution in [0.25, 0.3) is 22.4 Å². The number of nitrogens with one attached hydrogen (secondary N) is 1. The lowest BCUT2D eigenvalue weighted by Gasteiger charge is -2.39. The van der Waals surface area contributed by atoms with Crippen molar-refractivity contribution in [2.45, 2.75) is 50.5 Å². The number of fused-ring (bicyclic) bond motifs is 1. The van der Waals surface area contributed by atoms with Gasteiger partial charge in [0.1, 0.15) is 11.1 Å². The highest BCUT2D eigenvalue weighted by Gasteiger charge is 2.46. The van der Waals surface area contributed by atoms with Gasteiger partial charge >= 0.3 is 5.91 Å². The summed E-state index contributed by atoms with van der Waals surface area (Å²) in [6, 6.07) is 24.5. The topological polar surface area (TPSA) is 112 Å². The summed E-state index contributed by atoms with van der Waals surface area (Å²) >= 11 is 1.63. The Morgan fingerprint density at radius 1 is 0.880 bits per heavy atom. The van der Waals surface area contributed by atoms with Gasteiger partial charge in [-0.3, -0.25) is 19.3 Å². The number of thiazole rings is 1. The average molecular weight is 691 g/mol. The summed E-state index contributed by atoms with van der Waals surface area (Å²) < 4.78 is 5.83. The Labute approximate surface area is 296 Å². The van der Waals surface area contributed by atoms with E-state index in [1.165, 1.54) is 4.90 Å². The van der Waals surface area contributed by atoms with E-state index in [4.69, 9.17) is 9.40 Å². The zero-order valence-electron chi connectivity index (χ0n) is 28.3. The molecule has 10 nitrogen and oxygen atoms in total. The second kappa shape index (κ2) is 14.9. The number of hydrogen-bond acceptors (Lipinski definition) is 9. The smallest absolute Gasteiger partial charge is 0.316 e. The molecule has 1 aliphatic carbocycles. The van der Waals surface area contributed by atoms with Crippen molar-refractivity contribution in [2.24, 2.45) is 0 Å². The number of likely N-dealkylation sites (N-methyl/N-ethyl adjacent to an activating group) is 1. The molecule has 2 aliphatic rings. The molecule has 0 unspecified atom stereocenters. The fraction of sp³-hybridized carbons (Fsp3) is 0.359. The minimum Gasteiger partial charge on any atom is -0.432 e. The number of carbonyl (C=O) groups excluding carboxylic acids is 3. The Morgan fingerprint density at radius 2 is 1.60 bits per heavy atom. The Kier molecular flexibility index (Phi) is 10.0. The number of hydrogen-bond donors (Lipinski definition) is 1. The molecule has 2 aromatic heterocycles. The Bertz CT molecular complexity index is 1910. The number of nitrogens with zero attached hydrogens (tertiary/aromatic N) is 5. The molecule has 0 bridgehead atoms. The molecule has 11 heteroatoms. The van der Waals surface area contributed by atoms with Gasteiger partial charge in [-0.05, 0) is 62.6 Å². The fourth-order valence-corrected chi connectivity index (χ4v) is 7.78. The Morgan fingerprint density at radius 3 is 2.34 bits per heavy atom. The highest BCUT2D eigenvalue weighted by Crippen LogP contribution is 2.33. The lowest BCUT2D eigenvalue weighted by molar-refractivity contribution is -0.137. The molecule has 5 aromatic rings. The van der Waals surface area contributed by atoms with Crippen LogP contribution in [0.4, 0.5) is 5.13 Å². The summed E-state index contributed by atoms with van der Waals surface area (Å²) in [5, 5.41) is 6.18. The predicted octanol–water partition coefficient (Wildman–Crippen LogP) is 6.44. The molecule has 7 rings (SSSR count). The van der Waals surface area contributed by atoms with Crippen molar-refractivity contribution in [3.05, 3.63) is 101 Å². The van der Waals surface area contributed by atoms with Gasteiger partial charge in [0.05, 0.1) is 5.69 Å². The van der Waals surface area contributed by atoms with Crippen molar-refractivity contribution in [3.8, 4) is 11.3 Å². The number of rotatable bonds is 10. The molecule has 1 saturated carbocycles. The van der Waals surface area contributed by atoms with Crippen molar-refractivity contribution < 1.29 is 18.8 Å². The van der Waals surface area contributed by atoms with Gasteiger partial charge in [0.2, 0.25) is 0 Å². The van der Waals surface area contributed by atoms with Gasteiger partial charge in [0, 0.05) is 49.2 Å². The van der Waals surface area contributed by atoms with E-state index >= 15 is 0 Å². The average Bonchev–Trinajstić information content (AvgIpc) is 3.83. The quantitative estimate of drug-likeness (QED) is 0.167. The largest absolute Gasteiger partial charge is 0.432 e. The summed E-state index contributed by atoms with van der Waals surface area (Å²) in [5.41, 5.74) is 3.16. The van der Waals surface area contributed by atoms with Crippen LogP contribution in [0, 0.1) is 0 Å². The number of amides is 3. The van der Waals surface area contributed by atoms with Crippen LogP contribution in [-0.4, -0.2) is 82.8 Å². The predicted molar refractivity (Wildman–Crippen MR) is 195 cm³/mol. The second-order valence-corrected chi connectivity index (χ2v) is 14.2. The summed E-state index contributed by atoms with van der Waals surface area (Å²) in [7, 11) is 2.14. The van der Waals surface area contributed by atoms with Gasteiger partial charge in [-0.1, -0.05) is 73.9 Å². The molecule has 2 fully saturated rings. The van der Waals surface area contributed by atoms with Crippen molar-refractivity contribution in [1.82, 2.24) is 25.1 Å². The van der Waals surface area contributed by atoms with Crippen LogP contribution in [-0.2, 0) is 11.2 Å². The highest BCUT2D eigenvalue weighted by molar-refractivity contribution is 7.14. The van der Waals surface area contributed by atoms with Gasteiger partial charge in [-0.15, -0.1) is 11.3 Å². The maximum Gasteiger partial charge on any atom is 0.316 e. The summed E-state index contributed by atoms with van der Waals surface area (Å²) in [6.07, 6.45) is 4.61. The first-order chi connectivity index (χ1) is 24.4. The second-order valence-electron chi connectivity index (χ2n) is 13.3. The van der Waals surface area contributed by atoms with Crippen molar-refractivity contribution in [3.63, 3.8) is 0 Å². The van der Waals surface area contributed by atoms with Crippen LogP contribution >= 0.6 is 11.3 Å². The molecule has 1 aliphatic heterocycles. The first kappa shape index (κ1) is 33.6. The number of para-hydroxylation sites is 2. The first-order valence-corrected chi connectivity index (χ1v) is 18.3. The Hall–Kier alpha value is -4.87. The maximum absolute atomic E-state index is 14.7. The number of oxazole rings is 1. The molecule has 0 radical (unpaired) electrons. The standard InChI is InChI=1S/C39H42N6O4S/c1-43-23-25-44(26-24-43)38-41-32(27-50-38)29-16-18-30(19-17-29)34(46)42-39(20-8-3-9-21-39)37(48)45(22-10-13-28-11-4-2-5-12-28)36(47)35-40-31-14-6-7-15-33(31)49-35/h2,4-7,11-12,14-19,27H,3,8-10,13,20-26H2,1H3,(H,42,46). The summed E-state index contributed by atoms with van der Waals surface area (Å²) in [6.45, 7) is 4.10. The number of piperazine rings is 1. The van der Waals surface area contributed by atoms with Crippen LogP contribution in [0.3, 0.4) is 0 Å². The molecule has 3 amide bonds. The van der Waals surface area contributed by atoms with Crippen LogP contribution in [0.2, 0.25) is 0 Å². The van der Waals surface area contributed by atoms with Crippen LogP contribution in [0.15, 0.2) is 88.7 Å². The molecule has 3 aromatic carbocycles. The lowest BCUT2D eigenvalue weighted by Crippen LogP contribution is -2.61. The minimum absolute atomic E-state index is 0.134. The van der Waals surface area contributed by atoms with Crippen LogP contribution < -0.4 is 10.2 Å². The van der Waals surface area contributed by atoms with Crippen molar-refractivity contribution in [2.75, 3.05) is 44.7 Å². The zero-order valence-corrected chi connectivity index (χ0v) is 29.2. The normalized spacial score (nSPS) is 16.3. The van der Waals surface area contributed by atoms with Gasteiger partial charge in [-0.25, -0.2) is 9.97 Å². The van der Waals surface area contributed by atoms with E-state index in [0.717, 1.165) is 67.4 Å². The monoisotopic (exact) mass is 690 g/mol. The van der Waals surface area contributed by atoms with E-state index in [0.29, 0.717) is 42.3 Å². The van der Waals surface area contributed by atoms with E-state index in [1.807, 2.05) is 54.6 Å². The zero-order chi connectivity index (χ0) is 34.5. The molecule has 50 heavy (non-hydrogen) atoms. The van der Waals surface area contributed by atoms with Crippen LogP contribution in [0.1, 0.15) is 65.1 Å². The molecule has 1 N–H and O–H groups in total. The van der Waals surface area contributed by atoms with Gasteiger partial charge in [0.15, 0.2) is 10.7 Å². The molecule has 0 atom stereocenters. The fourth-order valence-electron chi connectivity index (χ4n) is 6.89. The highest BCUT2D eigenvalue weighted by atomic mass is 32.1. The third-order valence-electron chi connectivity index (χ3n) is 9.84. The first-order valence-electron chi connectivity index (χ1n) is 17.5. The minimum atomic E-state index is -1.23. The van der Waals surface area contributed by atoms with E-state index in [-0.39, 0.29) is 18.3 Å². The molecular formula is C39H42N6O4S. The maximum atomic E-state index is 14.7. The number of anilines is 1. The van der Waals surface area contributed by atoms with Gasteiger partial charge in [-0.2, -0.15) is 0 Å². The number of carbonyl (C=O) groups is 3. The third-order valence-corrected chi connectivity index (χ3v) is 10.7. The molecule has 1 saturated heterocycles. The van der Waals surface area contributed by atoms with E-state index in [9.17, 15) is 14.4 Å². The number of imide groups is 1. The van der Waals surface area contributed by atoms with Crippen LogP contribution in [0.5, 0.6) is 0 Å². The van der Waals surface area contributed by atoms with E-state index in [2.05, 4.69) is 32.5 Å². The lowest BCUT2D eigenvalue weighted by atomic mass is 9.80. The molecule has 3 heterocycles. The molecular weight excluding hydrogens is 649 g/mol. The number of aromatic nitrogens is 2. The van der Waals surface area contributed by atoms with E-state index < -0.39 is 17.4 Å². The third kappa shape index (κ3) is 7.34. The number of benzene rings is 3. The van der Waals surface area contributed by atoms with E-state index in [1.54, 1.807) is 35.6 Å². The number of aryl methyl sites for hydroxylation is 1. The van der Waals surface area contributed by atoms with Gasteiger partial charge in [0.25, 0.3) is 17.7 Å². The molecule has 258 valence electrons. The van der Waals surface area contributed by atoms with Crippen molar-refractivity contribution in [1.29, 1.82) is 0 Å². The van der Waals surface area contributed by atoms with Crippen molar-refractivity contribution >= 4 is 45.3 Å². The summed E-state index contributed by atoms with van der Waals surface area (Å²) in [4.78, 5) is 57.8.